The van der Waals surface area contributed by atoms with Gasteiger partial charge in [-0.3, -0.25) is 0 Å². The van der Waals surface area contributed by atoms with E-state index in [1.165, 1.54) is 54.6 Å². The summed E-state index contributed by atoms with van der Waals surface area (Å²) in [7, 11) is 0. The second kappa shape index (κ2) is 9.05. The first-order chi connectivity index (χ1) is 21.2. The van der Waals surface area contributed by atoms with E-state index >= 15 is 0 Å². The molecule has 9 rings (SSSR count). The van der Waals surface area contributed by atoms with Gasteiger partial charge in [0.25, 0.3) is 0 Å². The first-order valence-electron chi connectivity index (χ1n) is 14.6. The Hall–Kier alpha value is -5.91. The van der Waals surface area contributed by atoms with Crippen molar-refractivity contribution >= 4 is 54.1 Å². The third-order valence-corrected chi connectivity index (χ3v) is 8.88. The number of hydrogen-bond donors (Lipinski definition) is 0. The van der Waals surface area contributed by atoms with Crippen molar-refractivity contribution < 1.29 is 0 Å². The molecule has 198 valence electrons. The van der Waals surface area contributed by atoms with E-state index in [2.05, 4.69) is 138 Å². The normalized spacial score (nSPS) is 11.7. The van der Waals surface area contributed by atoms with Gasteiger partial charge in [0.15, 0.2) is 0 Å². The number of aromatic nitrogens is 1. The van der Waals surface area contributed by atoms with Gasteiger partial charge in [-0.1, -0.05) is 78.9 Å². The first kappa shape index (κ1) is 23.8. The second-order valence-corrected chi connectivity index (χ2v) is 11.3. The Bertz CT molecular complexity index is 2480. The van der Waals surface area contributed by atoms with Gasteiger partial charge in [-0.25, -0.2) is 0 Å². The van der Waals surface area contributed by atoms with Crippen LogP contribution in [0.3, 0.4) is 0 Å². The van der Waals surface area contributed by atoms with Crippen molar-refractivity contribution in [3.63, 3.8) is 0 Å². The lowest BCUT2D eigenvalue weighted by molar-refractivity contribution is 1.18. The molecule has 8 aromatic carbocycles. The molecule has 0 radical (unpaired) electrons. The van der Waals surface area contributed by atoms with Gasteiger partial charge in [-0.2, -0.15) is 5.26 Å². The summed E-state index contributed by atoms with van der Waals surface area (Å²) >= 11 is 0. The van der Waals surface area contributed by atoms with Crippen molar-refractivity contribution in [2.45, 2.75) is 0 Å². The maximum absolute atomic E-state index is 9.67. The molecule has 2 heteroatoms. The van der Waals surface area contributed by atoms with E-state index < -0.39 is 0 Å². The number of nitriles is 1. The molecule has 0 saturated heterocycles. The summed E-state index contributed by atoms with van der Waals surface area (Å²) < 4.78 is 2.29. The fraction of sp³-hybridized carbons (Fsp3) is 0. The van der Waals surface area contributed by atoms with Crippen LogP contribution < -0.4 is 0 Å². The fourth-order valence-corrected chi connectivity index (χ4v) is 6.93. The lowest BCUT2D eigenvalue weighted by Gasteiger charge is -2.15. The van der Waals surface area contributed by atoms with Gasteiger partial charge in [-0.05, 0) is 121 Å². The summed E-state index contributed by atoms with van der Waals surface area (Å²) in [6.07, 6.45) is 0. The summed E-state index contributed by atoms with van der Waals surface area (Å²) in [6.45, 7) is 0. The Morgan fingerprint density at radius 1 is 0.419 bits per heavy atom. The zero-order valence-electron chi connectivity index (χ0n) is 23.3. The second-order valence-electron chi connectivity index (χ2n) is 11.3. The Morgan fingerprint density at radius 2 is 0.930 bits per heavy atom. The van der Waals surface area contributed by atoms with E-state index in [0.717, 1.165) is 27.5 Å². The zero-order valence-corrected chi connectivity index (χ0v) is 23.3. The largest absolute Gasteiger partial charge is 0.309 e. The van der Waals surface area contributed by atoms with E-state index in [1.807, 2.05) is 18.2 Å². The monoisotopic (exact) mass is 544 g/mol. The van der Waals surface area contributed by atoms with Gasteiger partial charge >= 0.3 is 0 Å². The van der Waals surface area contributed by atoms with E-state index in [4.69, 9.17) is 0 Å². The molecule has 43 heavy (non-hydrogen) atoms. The lowest BCUT2D eigenvalue weighted by atomic mass is 9.89. The number of para-hydroxylation sites is 1. The highest BCUT2D eigenvalue weighted by atomic mass is 15.0. The lowest BCUT2D eigenvalue weighted by Crippen LogP contribution is -1.93. The minimum Gasteiger partial charge on any atom is -0.309 e. The minimum absolute atomic E-state index is 0.670. The van der Waals surface area contributed by atoms with E-state index in [0.29, 0.717) is 5.56 Å². The van der Waals surface area contributed by atoms with Gasteiger partial charge in [-0.15, -0.1) is 0 Å². The predicted octanol–water partition coefficient (Wildman–Crippen LogP) is 10.9. The molecule has 0 bridgehead atoms. The molecule has 1 aromatic heterocycles. The SMILES string of the molecule is N#Cc1ccc2c(c1)c1cc(-c3cc4ccc5cc(-c6ccccc6)cc6ccc(c3)c4c56)ccc1n2-c1ccccc1. The topological polar surface area (TPSA) is 28.7 Å². The molecule has 0 saturated carbocycles. The van der Waals surface area contributed by atoms with Crippen LogP contribution in [-0.4, -0.2) is 4.57 Å². The summed E-state index contributed by atoms with van der Waals surface area (Å²) in [5.74, 6) is 0. The molecule has 0 fully saturated rings. The van der Waals surface area contributed by atoms with Crippen LogP contribution in [0.15, 0.2) is 146 Å². The molecule has 0 unspecified atom stereocenters. The molecule has 0 N–H and O–H groups in total. The number of rotatable bonds is 3. The van der Waals surface area contributed by atoms with Gasteiger partial charge < -0.3 is 4.57 Å². The molecule has 0 aliphatic carbocycles. The van der Waals surface area contributed by atoms with Gasteiger partial charge in [0.1, 0.15) is 0 Å². The van der Waals surface area contributed by atoms with Crippen LogP contribution in [0.25, 0.3) is 82.1 Å². The van der Waals surface area contributed by atoms with E-state index in [1.54, 1.807) is 0 Å². The highest BCUT2D eigenvalue weighted by Crippen LogP contribution is 2.41. The van der Waals surface area contributed by atoms with Crippen molar-refractivity contribution in [2.24, 2.45) is 0 Å². The molecule has 9 aromatic rings. The van der Waals surface area contributed by atoms with Crippen molar-refractivity contribution in [3.05, 3.63) is 151 Å². The quantitative estimate of drug-likeness (QED) is 0.203. The van der Waals surface area contributed by atoms with Crippen molar-refractivity contribution in [3.8, 4) is 34.0 Å². The smallest absolute Gasteiger partial charge is 0.0991 e. The predicted molar refractivity (Wildman–Crippen MR) is 180 cm³/mol. The van der Waals surface area contributed by atoms with Crippen LogP contribution in [0.5, 0.6) is 0 Å². The Labute approximate surface area is 248 Å². The molecule has 2 nitrogen and oxygen atoms in total. The highest BCUT2D eigenvalue weighted by molar-refractivity contribution is 6.24. The molecule has 0 amide bonds. The number of fused-ring (bicyclic) bond motifs is 3. The fourth-order valence-electron chi connectivity index (χ4n) is 6.93. The van der Waals surface area contributed by atoms with E-state index in [9.17, 15) is 5.26 Å². The zero-order chi connectivity index (χ0) is 28.5. The average Bonchev–Trinajstić information content (AvgIpc) is 3.40. The van der Waals surface area contributed by atoms with Crippen LogP contribution in [0, 0.1) is 11.3 Å². The van der Waals surface area contributed by atoms with E-state index in [-0.39, 0.29) is 0 Å². The Kier molecular flexibility index (Phi) is 5.00. The van der Waals surface area contributed by atoms with Crippen LogP contribution in [0.1, 0.15) is 5.56 Å². The third kappa shape index (κ3) is 3.59. The van der Waals surface area contributed by atoms with Crippen LogP contribution in [0.2, 0.25) is 0 Å². The summed E-state index contributed by atoms with van der Waals surface area (Å²) in [5, 5.41) is 19.6. The highest BCUT2D eigenvalue weighted by Gasteiger charge is 2.16. The average molecular weight is 545 g/mol. The standard InChI is InChI=1S/C41H24N2/c42-25-26-11-17-38-36(19-26)37-24-28(16-18-39(37)43(38)35-9-5-2-6-10-35)34-22-31-14-12-29-20-33(27-7-3-1-4-8-27)21-30-13-15-32(23-34)41(31)40(29)30/h1-24H. The number of nitrogens with zero attached hydrogens (tertiary/aromatic N) is 2. The van der Waals surface area contributed by atoms with Crippen molar-refractivity contribution in [1.82, 2.24) is 4.57 Å². The minimum atomic E-state index is 0.670. The molecule has 0 spiro atoms. The first-order valence-corrected chi connectivity index (χ1v) is 14.6. The number of hydrogen-bond acceptors (Lipinski definition) is 1. The molecule has 0 aliphatic rings. The molecular formula is C41H24N2. The number of benzene rings is 8. The molecule has 0 atom stereocenters. The van der Waals surface area contributed by atoms with Crippen LogP contribution in [0.4, 0.5) is 0 Å². The Balaban J connectivity index is 1.25. The van der Waals surface area contributed by atoms with Crippen molar-refractivity contribution in [1.29, 1.82) is 5.26 Å². The molecule has 1 heterocycles. The van der Waals surface area contributed by atoms with Gasteiger partial charge in [0.2, 0.25) is 0 Å². The maximum Gasteiger partial charge on any atom is 0.0991 e. The molecular weight excluding hydrogens is 520 g/mol. The summed E-state index contributed by atoms with van der Waals surface area (Å²) in [5.41, 5.74) is 8.85. The summed E-state index contributed by atoms with van der Waals surface area (Å²) in [6, 6.07) is 54.4. The third-order valence-electron chi connectivity index (χ3n) is 8.88. The van der Waals surface area contributed by atoms with Gasteiger partial charge in [0.05, 0.1) is 22.7 Å². The van der Waals surface area contributed by atoms with Crippen LogP contribution >= 0.6 is 0 Å². The maximum atomic E-state index is 9.67. The summed E-state index contributed by atoms with van der Waals surface area (Å²) in [4.78, 5) is 0. The van der Waals surface area contributed by atoms with Crippen molar-refractivity contribution in [2.75, 3.05) is 0 Å². The van der Waals surface area contributed by atoms with Crippen LogP contribution in [-0.2, 0) is 0 Å². The van der Waals surface area contributed by atoms with Gasteiger partial charge in [0, 0.05) is 16.5 Å². The molecule has 0 aliphatic heterocycles. The Morgan fingerprint density at radius 3 is 1.51 bits per heavy atom.